The van der Waals surface area contributed by atoms with Crippen molar-refractivity contribution in [2.45, 2.75) is 10.6 Å². The molecule has 92 valence electrons. The summed E-state index contributed by atoms with van der Waals surface area (Å²) in [6.07, 6.45) is 1.68. The van der Waals surface area contributed by atoms with Crippen LogP contribution in [0.4, 0.5) is 0 Å². The Balaban J connectivity index is 2.04. The van der Waals surface area contributed by atoms with Crippen molar-refractivity contribution in [2.24, 2.45) is 5.73 Å². The lowest BCUT2D eigenvalue weighted by Crippen LogP contribution is -2.13. The van der Waals surface area contributed by atoms with Crippen LogP contribution in [0.3, 0.4) is 0 Å². The number of nitrogen functional groups attached to an aromatic ring is 1. The average Bonchev–Trinajstić information content (AvgIpc) is 2.38. The van der Waals surface area contributed by atoms with Crippen LogP contribution >= 0.6 is 23.4 Å². The maximum Gasteiger partial charge on any atom is 0.141 e. The maximum absolute atomic E-state index is 7.35. The molecule has 1 aromatic heterocycles. The third-order valence-electron chi connectivity index (χ3n) is 2.32. The van der Waals surface area contributed by atoms with Crippen molar-refractivity contribution in [3.63, 3.8) is 0 Å². The first-order valence-corrected chi connectivity index (χ1v) is 6.69. The van der Waals surface area contributed by atoms with E-state index in [1.54, 1.807) is 18.0 Å². The minimum absolute atomic E-state index is 0.00616. The van der Waals surface area contributed by atoms with E-state index in [1.807, 2.05) is 36.4 Å². The molecule has 1 heterocycles. The quantitative estimate of drug-likeness (QED) is 0.512. The van der Waals surface area contributed by atoms with Gasteiger partial charge in [0.1, 0.15) is 11.5 Å². The van der Waals surface area contributed by atoms with Crippen LogP contribution in [0.1, 0.15) is 11.3 Å². The number of rotatable bonds is 4. The number of pyridine rings is 1. The zero-order valence-electron chi connectivity index (χ0n) is 9.56. The van der Waals surface area contributed by atoms with Crippen LogP contribution in [-0.2, 0) is 5.75 Å². The summed E-state index contributed by atoms with van der Waals surface area (Å²) in [5.41, 5.74) is 7.02. The fourth-order valence-corrected chi connectivity index (χ4v) is 2.38. The van der Waals surface area contributed by atoms with Crippen LogP contribution in [0.2, 0.25) is 5.02 Å². The van der Waals surface area contributed by atoms with Crippen LogP contribution in [-0.4, -0.2) is 10.8 Å². The van der Waals surface area contributed by atoms with Crippen molar-refractivity contribution in [2.75, 3.05) is 0 Å². The van der Waals surface area contributed by atoms with Gasteiger partial charge in [-0.05, 0) is 42.0 Å². The second kappa shape index (κ2) is 5.89. The van der Waals surface area contributed by atoms with Gasteiger partial charge in [0.25, 0.3) is 0 Å². The third kappa shape index (κ3) is 3.48. The second-order valence-electron chi connectivity index (χ2n) is 3.71. The predicted molar refractivity (Wildman–Crippen MR) is 76.3 cm³/mol. The number of aromatic nitrogens is 1. The standard InChI is InChI=1S/C13H12ClN3S/c14-10-1-3-11(4-2-10)18-8-9-5-6-17-12(7-9)13(15)16/h1-7H,8H2,(H3,15,16). The van der Waals surface area contributed by atoms with Gasteiger partial charge in [-0.3, -0.25) is 10.4 Å². The van der Waals surface area contributed by atoms with E-state index in [0.717, 1.165) is 21.2 Å². The van der Waals surface area contributed by atoms with Crippen molar-refractivity contribution in [1.29, 1.82) is 5.41 Å². The molecule has 0 radical (unpaired) electrons. The molecule has 18 heavy (non-hydrogen) atoms. The number of amidine groups is 1. The first-order valence-electron chi connectivity index (χ1n) is 5.33. The smallest absolute Gasteiger partial charge is 0.141 e. The van der Waals surface area contributed by atoms with Crippen LogP contribution in [0.15, 0.2) is 47.5 Å². The Morgan fingerprint density at radius 3 is 2.67 bits per heavy atom. The highest BCUT2D eigenvalue weighted by molar-refractivity contribution is 7.98. The highest BCUT2D eigenvalue weighted by atomic mass is 35.5. The van der Waals surface area contributed by atoms with E-state index in [0.29, 0.717) is 5.69 Å². The Kier molecular flexibility index (Phi) is 4.23. The van der Waals surface area contributed by atoms with E-state index in [2.05, 4.69) is 4.98 Å². The van der Waals surface area contributed by atoms with E-state index in [9.17, 15) is 0 Å². The van der Waals surface area contributed by atoms with Gasteiger partial charge in [-0.1, -0.05) is 11.6 Å². The zero-order valence-corrected chi connectivity index (χ0v) is 11.1. The van der Waals surface area contributed by atoms with E-state index in [4.69, 9.17) is 22.7 Å². The summed E-state index contributed by atoms with van der Waals surface area (Å²) in [5, 5.41) is 8.08. The lowest BCUT2D eigenvalue weighted by atomic mass is 10.2. The highest BCUT2D eigenvalue weighted by Crippen LogP contribution is 2.24. The highest BCUT2D eigenvalue weighted by Gasteiger charge is 2.01. The van der Waals surface area contributed by atoms with Gasteiger partial charge in [-0.2, -0.15) is 0 Å². The Hall–Kier alpha value is -1.52. The molecule has 1 aromatic carbocycles. The summed E-state index contributed by atoms with van der Waals surface area (Å²) < 4.78 is 0. The maximum atomic E-state index is 7.35. The largest absolute Gasteiger partial charge is 0.382 e. The number of nitrogens with zero attached hydrogens (tertiary/aromatic N) is 1. The number of nitrogens with two attached hydrogens (primary N) is 1. The minimum atomic E-state index is -0.00616. The summed E-state index contributed by atoms with van der Waals surface area (Å²) in [5.74, 6) is 0.804. The molecule has 2 rings (SSSR count). The molecule has 2 aromatic rings. The molecular weight excluding hydrogens is 266 g/mol. The fraction of sp³-hybridized carbons (Fsp3) is 0.0769. The molecule has 3 nitrogen and oxygen atoms in total. The number of nitrogens with one attached hydrogen (secondary N) is 1. The molecule has 0 spiro atoms. The SMILES string of the molecule is N=C(N)c1cc(CSc2ccc(Cl)cc2)ccn1. The molecular formula is C13H12ClN3S. The zero-order chi connectivity index (χ0) is 13.0. The van der Waals surface area contributed by atoms with Crippen molar-refractivity contribution in [1.82, 2.24) is 4.98 Å². The molecule has 0 saturated heterocycles. The summed E-state index contributed by atoms with van der Waals surface area (Å²) in [6.45, 7) is 0. The molecule has 0 saturated carbocycles. The van der Waals surface area contributed by atoms with Crippen molar-refractivity contribution >= 4 is 29.2 Å². The van der Waals surface area contributed by atoms with Gasteiger partial charge in [0.15, 0.2) is 0 Å². The van der Waals surface area contributed by atoms with Crippen molar-refractivity contribution in [3.8, 4) is 0 Å². The fourth-order valence-electron chi connectivity index (χ4n) is 1.41. The molecule has 0 aliphatic carbocycles. The summed E-state index contributed by atoms with van der Waals surface area (Å²) in [4.78, 5) is 5.18. The van der Waals surface area contributed by atoms with Gasteiger partial charge in [0, 0.05) is 21.9 Å². The first-order chi connectivity index (χ1) is 8.65. The van der Waals surface area contributed by atoms with Crippen LogP contribution in [0, 0.1) is 5.41 Å². The lowest BCUT2D eigenvalue weighted by molar-refractivity contribution is 1.22. The third-order valence-corrected chi connectivity index (χ3v) is 3.65. The van der Waals surface area contributed by atoms with Crippen LogP contribution in [0.25, 0.3) is 0 Å². The van der Waals surface area contributed by atoms with E-state index < -0.39 is 0 Å². The number of thioether (sulfide) groups is 1. The second-order valence-corrected chi connectivity index (χ2v) is 5.19. The molecule has 0 unspecified atom stereocenters. The van der Waals surface area contributed by atoms with E-state index in [-0.39, 0.29) is 5.84 Å². The summed E-state index contributed by atoms with van der Waals surface area (Å²) >= 11 is 7.53. The summed E-state index contributed by atoms with van der Waals surface area (Å²) in [6, 6.07) is 11.5. The topological polar surface area (TPSA) is 62.8 Å². The van der Waals surface area contributed by atoms with Crippen LogP contribution in [0.5, 0.6) is 0 Å². The molecule has 0 aliphatic heterocycles. The Bertz CT molecular complexity index is 554. The first kappa shape index (κ1) is 12.9. The lowest BCUT2D eigenvalue weighted by Gasteiger charge is -2.04. The normalized spacial score (nSPS) is 10.3. The van der Waals surface area contributed by atoms with Gasteiger partial charge in [0.2, 0.25) is 0 Å². The Morgan fingerprint density at radius 1 is 1.28 bits per heavy atom. The van der Waals surface area contributed by atoms with Gasteiger partial charge >= 0.3 is 0 Å². The number of hydrogen-bond acceptors (Lipinski definition) is 3. The molecule has 0 atom stereocenters. The molecule has 3 N–H and O–H groups in total. The molecule has 0 aliphatic rings. The molecule has 0 bridgehead atoms. The van der Waals surface area contributed by atoms with Crippen molar-refractivity contribution < 1.29 is 0 Å². The van der Waals surface area contributed by atoms with Gasteiger partial charge in [-0.15, -0.1) is 11.8 Å². The van der Waals surface area contributed by atoms with E-state index >= 15 is 0 Å². The van der Waals surface area contributed by atoms with Gasteiger partial charge in [0.05, 0.1) is 0 Å². The van der Waals surface area contributed by atoms with Gasteiger partial charge in [-0.25, -0.2) is 0 Å². The monoisotopic (exact) mass is 277 g/mol. The van der Waals surface area contributed by atoms with Crippen molar-refractivity contribution in [3.05, 3.63) is 58.9 Å². The molecule has 0 fully saturated rings. The Labute approximate surface area is 115 Å². The van der Waals surface area contributed by atoms with Crippen LogP contribution < -0.4 is 5.73 Å². The number of halogens is 1. The Morgan fingerprint density at radius 2 is 2.00 bits per heavy atom. The van der Waals surface area contributed by atoms with Gasteiger partial charge < -0.3 is 5.73 Å². The predicted octanol–water partition coefficient (Wildman–Crippen LogP) is 3.31. The molecule has 5 heteroatoms. The minimum Gasteiger partial charge on any atom is -0.382 e. The van der Waals surface area contributed by atoms with E-state index in [1.165, 1.54) is 0 Å². The number of hydrogen-bond donors (Lipinski definition) is 2. The average molecular weight is 278 g/mol. The molecule has 0 amide bonds. The summed E-state index contributed by atoms with van der Waals surface area (Å²) in [7, 11) is 0. The number of benzene rings is 1.